The van der Waals surface area contributed by atoms with Gasteiger partial charge >= 0.3 is 0 Å². The molecule has 0 aliphatic heterocycles. The van der Waals surface area contributed by atoms with Crippen molar-refractivity contribution >= 4 is 28.8 Å². The van der Waals surface area contributed by atoms with E-state index < -0.39 is 0 Å². The van der Waals surface area contributed by atoms with Crippen LogP contribution in [0.2, 0.25) is 0 Å². The SMILES string of the molecule is [N-]=[N+]=NC(=Cc1ccccc1)c1cccc2[nH]c(N=[N+]=[N-])nc12. The van der Waals surface area contributed by atoms with E-state index in [-0.39, 0.29) is 5.95 Å². The van der Waals surface area contributed by atoms with E-state index in [2.05, 4.69) is 30.0 Å². The Labute approximate surface area is 130 Å². The molecule has 1 aromatic heterocycles. The summed E-state index contributed by atoms with van der Waals surface area (Å²) in [6.45, 7) is 0. The number of fused-ring (bicyclic) bond motifs is 1. The maximum absolute atomic E-state index is 8.86. The highest BCUT2D eigenvalue weighted by Crippen LogP contribution is 2.28. The number of aromatic nitrogens is 2. The average molecular weight is 302 g/mol. The van der Waals surface area contributed by atoms with Crippen LogP contribution in [0.25, 0.3) is 43.7 Å². The lowest BCUT2D eigenvalue weighted by atomic mass is 10.1. The van der Waals surface area contributed by atoms with Crippen molar-refractivity contribution in [1.82, 2.24) is 9.97 Å². The molecule has 0 saturated carbocycles. The summed E-state index contributed by atoms with van der Waals surface area (Å²) in [4.78, 5) is 12.8. The number of rotatable bonds is 4. The maximum Gasteiger partial charge on any atom is 0.195 e. The Morgan fingerprint density at radius 1 is 1.04 bits per heavy atom. The molecule has 1 heterocycles. The first-order valence-electron chi connectivity index (χ1n) is 6.68. The Morgan fingerprint density at radius 2 is 1.87 bits per heavy atom. The predicted molar refractivity (Wildman–Crippen MR) is 88.4 cm³/mol. The zero-order valence-electron chi connectivity index (χ0n) is 11.8. The molecular formula is C15H10N8. The van der Waals surface area contributed by atoms with Gasteiger partial charge in [0.25, 0.3) is 0 Å². The lowest BCUT2D eigenvalue weighted by Gasteiger charge is -2.03. The molecule has 8 nitrogen and oxygen atoms in total. The molecule has 0 unspecified atom stereocenters. The largest absolute Gasteiger partial charge is 0.337 e. The lowest BCUT2D eigenvalue weighted by Crippen LogP contribution is -1.84. The molecule has 3 rings (SSSR count). The van der Waals surface area contributed by atoms with E-state index in [1.807, 2.05) is 30.3 Å². The molecule has 0 fully saturated rings. The second-order valence-electron chi connectivity index (χ2n) is 4.58. The second kappa shape index (κ2) is 6.36. The van der Waals surface area contributed by atoms with Crippen molar-refractivity contribution in [3.05, 3.63) is 80.5 Å². The number of para-hydroxylation sites is 1. The number of hydrogen-bond acceptors (Lipinski definition) is 3. The Bertz CT molecular complexity index is 973. The van der Waals surface area contributed by atoms with Crippen molar-refractivity contribution in [2.45, 2.75) is 0 Å². The summed E-state index contributed by atoms with van der Waals surface area (Å²) in [5.41, 5.74) is 20.6. The standard InChI is InChI=1S/C15H10N8/c16-22-20-13(9-10-5-2-1-3-6-10)11-7-4-8-12-14(11)19-15(18-12)21-23-17/h1-9H,(H,18,19). The number of benzene rings is 2. The first kappa shape index (κ1) is 14.2. The third kappa shape index (κ3) is 2.98. The molecule has 0 spiro atoms. The molecule has 8 heteroatoms. The molecule has 0 bridgehead atoms. The van der Waals surface area contributed by atoms with Crippen LogP contribution < -0.4 is 0 Å². The summed E-state index contributed by atoms with van der Waals surface area (Å²) in [5, 5.41) is 7.24. The van der Waals surface area contributed by atoms with E-state index in [0.717, 1.165) is 5.56 Å². The first-order valence-corrected chi connectivity index (χ1v) is 6.68. The van der Waals surface area contributed by atoms with Gasteiger partial charge in [0, 0.05) is 21.1 Å². The third-order valence-electron chi connectivity index (χ3n) is 3.17. The van der Waals surface area contributed by atoms with Gasteiger partial charge in [0.15, 0.2) is 5.95 Å². The quantitative estimate of drug-likeness (QED) is 0.298. The van der Waals surface area contributed by atoms with Gasteiger partial charge in [-0.15, -0.1) is 0 Å². The molecule has 0 saturated heterocycles. The van der Waals surface area contributed by atoms with Gasteiger partial charge in [-0.1, -0.05) is 47.6 Å². The Hall–Kier alpha value is -3.73. The van der Waals surface area contributed by atoms with Crippen molar-refractivity contribution in [3.8, 4) is 0 Å². The molecule has 0 amide bonds. The lowest BCUT2D eigenvalue weighted by molar-refractivity contribution is 1.24. The van der Waals surface area contributed by atoms with E-state index in [9.17, 15) is 0 Å². The molecule has 1 N–H and O–H groups in total. The van der Waals surface area contributed by atoms with Crippen molar-refractivity contribution < 1.29 is 0 Å². The van der Waals surface area contributed by atoms with Crippen LogP contribution in [0, 0.1) is 0 Å². The summed E-state index contributed by atoms with van der Waals surface area (Å²) in [7, 11) is 0. The van der Waals surface area contributed by atoms with Gasteiger partial charge in [0.1, 0.15) is 0 Å². The molecule has 23 heavy (non-hydrogen) atoms. The number of aromatic amines is 1. The maximum atomic E-state index is 8.86. The number of hydrogen-bond donors (Lipinski definition) is 1. The van der Waals surface area contributed by atoms with Crippen LogP contribution in [0.4, 0.5) is 5.95 Å². The topological polar surface area (TPSA) is 126 Å². The van der Waals surface area contributed by atoms with Gasteiger partial charge in [-0.3, -0.25) is 0 Å². The summed E-state index contributed by atoms with van der Waals surface area (Å²) >= 11 is 0. The summed E-state index contributed by atoms with van der Waals surface area (Å²) in [5.74, 6) is 0.162. The van der Waals surface area contributed by atoms with Crippen LogP contribution in [0.1, 0.15) is 11.1 Å². The fourth-order valence-electron chi connectivity index (χ4n) is 2.23. The molecule has 110 valence electrons. The zero-order chi connectivity index (χ0) is 16.1. The third-order valence-corrected chi connectivity index (χ3v) is 3.17. The highest BCUT2D eigenvalue weighted by molar-refractivity contribution is 5.94. The normalized spacial score (nSPS) is 10.9. The first-order chi connectivity index (χ1) is 11.3. The number of imidazole rings is 1. The van der Waals surface area contributed by atoms with Crippen LogP contribution >= 0.6 is 0 Å². The second-order valence-corrected chi connectivity index (χ2v) is 4.58. The number of nitrogens with zero attached hydrogens (tertiary/aromatic N) is 7. The van der Waals surface area contributed by atoms with Crippen molar-refractivity contribution in [1.29, 1.82) is 0 Å². The molecule has 3 aromatic rings. The fraction of sp³-hybridized carbons (Fsp3) is 0. The monoisotopic (exact) mass is 302 g/mol. The highest BCUT2D eigenvalue weighted by Gasteiger charge is 2.09. The van der Waals surface area contributed by atoms with Crippen LogP contribution in [-0.4, -0.2) is 9.97 Å². The minimum absolute atomic E-state index is 0.162. The number of nitrogens with one attached hydrogen (secondary N) is 1. The van der Waals surface area contributed by atoms with Gasteiger partial charge in [0.05, 0.1) is 11.0 Å². The van der Waals surface area contributed by atoms with Crippen LogP contribution in [0.3, 0.4) is 0 Å². The van der Waals surface area contributed by atoms with Crippen LogP contribution in [0.5, 0.6) is 0 Å². The van der Waals surface area contributed by atoms with Gasteiger partial charge in [0.2, 0.25) is 0 Å². The molecule has 0 aliphatic carbocycles. The molecule has 0 radical (unpaired) electrons. The van der Waals surface area contributed by atoms with E-state index in [0.29, 0.717) is 22.3 Å². The molecular weight excluding hydrogens is 292 g/mol. The average Bonchev–Trinajstić information content (AvgIpc) is 2.98. The smallest absolute Gasteiger partial charge is 0.195 e. The van der Waals surface area contributed by atoms with Gasteiger partial charge in [-0.25, -0.2) is 4.98 Å². The van der Waals surface area contributed by atoms with Crippen LogP contribution in [-0.2, 0) is 0 Å². The van der Waals surface area contributed by atoms with Crippen LogP contribution in [0.15, 0.2) is 58.8 Å². The fourth-order valence-corrected chi connectivity index (χ4v) is 2.23. The van der Waals surface area contributed by atoms with Gasteiger partial charge < -0.3 is 4.98 Å². The van der Waals surface area contributed by atoms with E-state index >= 15 is 0 Å². The minimum atomic E-state index is 0.162. The van der Waals surface area contributed by atoms with Gasteiger partial charge in [-0.05, 0) is 33.9 Å². The molecule has 0 aliphatic rings. The minimum Gasteiger partial charge on any atom is -0.337 e. The number of H-pyrrole nitrogens is 1. The number of azide groups is 2. The summed E-state index contributed by atoms with van der Waals surface area (Å²) in [6, 6.07) is 14.9. The molecule has 0 atom stereocenters. The van der Waals surface area contributed by atoms with Gasteiger partial charge in [-0.2, -0.15) is 0 Å². The van der Waals surface area contributed by atoms with Crippen molar-refractivity contribution in [2.75, 3.05) is 0 Å². The highest BCUT2D eigenvalue weighted by atomic mass is 15.2. The van der Waals surface area contributed by atoms with E-state index in [1.54, 1.807) is 24.3 Å². The summed E-state index contributed by atoms with van der Waals surface area (Å²) < 4.78 is 0. The Balaban J connectivity index is 2.21. The van der Waals surface area contributed by atoms with E-state index in [1.165, 1.54) is 0 Å². The van der Waals surface area contributed by atoms with E-state index in [4.69, 9.17) is 11.1 Å². The Morgan fingerprint density at radius 3 is 2.61 bits per heavy atom. The Kier molecular flexibility index (Phi) is 3.93. The van der Waals surface area contributed by atoms with Crippen molar-refractivity contribution in [3.63, 3.8) is 0 Å². The summed E-state index contributed by atoms with van der Waals surface area (Å²) in [6.07, 6.45) is 1.77. The molecule has 2 aromatic carbocycles. The zero-order valence-corrected chi connectivity index (χ0v) is 11.8. The predicted octanol–water partition coefficient (Wildman–Crippen LogP) is 5.31. The van der Waals surface area contributed by atoms with Crippen molar-refractivity contribution in [2.24, 2.45) is 10.2 Å².